The monoisotopic (exact) mass is 572 g/mol. The zero-order valence-electron chi connectivity index (χ0n) is 22.1. The quantitative estimate of drug-likeness (QED) is 0.485. The maximum absolute atomic E-state index is 13.2. The van der Waals surface area contributed by atoms with Gasteiger partial charge in [-0.25, -0.2) is 13.4 Å². The Labute approximate surface area is 226 Å². The molecule has 0 radical (unpaired) electrons. The number of thiazole rings is 1. The van der Waals surface area contributed by atoms with Crippen LogP contribution >= 0.6 is 11.3 Å². The number of rotatable bonds is 8. The predicted octanol–water partition coefficient (Wildman–Crippen LogP) is 4.90. The average Bonchev–Trinajstić information content (AvgIpc) is 3.34. The normalized spacial score (nSPS) is 23.1. The first kappa shape index (κ1) is 29.0. The number of hydrogen-bond donors (Lipinski definition) is 1. The molecule has 1 N–H and O–H groups in total. The highest BCUT2D eigenvalue weighted by Crippen LogP contribution is 2.43. The second kappa shape index (κ2) is 11.2. The Kier molecular flexibility index (Phi) is 8.56. The molecule has 7 nitrogen and oxygen atoms in total. The fraction of sp³-hybridized carbons (Fsp3) is 0.615. The first-order valence-electron chi connectivity index (χ1n) is 12.9. The summed E-state index contributed by atoms with van der Waals surface area (Å²) in [5.74, 6) is 0.203. The lowest BCUT2D eigenvalue weighted by atomic mass is 9.91. The highest BCUT2D eigenvalue weighted by Gasteiger charge is 2.45. The molecule has 1 fully saturated rings. The number of carbonyl (C=O) groups excluding carboxylic acids is 1. The summed E-state index contributed by atoms with van der Waals surface area (Å²) in [6.07, 6.45) is -3.42. The number of nitrogens with zero attached hydrogens (tertiary/aromatic N) is 3. The first-order chi connectivity index (χ1) is 17.8. The van der Waals surface area contributed by atoms with Gasteiger partial charge >= 0.3 is 6.18 Å². The van der Waals surface area contributed by atoms with Gasteiger partial charge in [0.2, 0.25) is 5.91 Å². The molecule has 12 heteroatoms. The van der Waals surface area contributed by atoms with E-state index in [4.69, 9.17) is 4.98 Å². The summed E-state index contributed by atoms with van der Waals surface area (Å²) in [5.41, 5.74) is 1.64. The standard InChI is InChI=1S/C26H35F3N4O3S2/c1-5-38(35,36)19-9-6-17(7-10-19)12-22(34)30-25-31-23-20(37-25)15-33(24(23)16(2)3)14-18-8-11-21(26(27,28)29)32(4)13-18/h6-7,9-10,16,18,21,24H,5,8,11-15H2,1-4H3,(H,30,31,34)/t18?,21-,24+/m1/s1. The minimum Gasteiger partial charge on any atom is -0.302 e. The summed E-state index contributed by atoms with van der Waals surface area (Å²) >= 11 is 1.44. The van der Waals surface area contributed by atoms with Crippen molar-refractivity contribution >= 4 is 32.2 Å². The van der Waals surface area contributed by atoms with Crippen molar-refractivity contribution in [1.82, 2.24) is 14.8 Å². The van der Waals surface area contributed by atoms with Crippen LogP contribution in [0.25, 0.3) is 0 Å². The number of fused-ring (bicyclic) bond motifs is 1. The van der Waals surface area contributed by atoms with Gasteiger partial charge in [0.1, 0.15) is 6.04 Å². The van der Waals surface area contributed by atoms with E-state index in [-0.39, 0.29) is 47.3 Å². The third-order valence-corrected chi connectivity index (χ3v) is 10.2. The Morgan fingerprint density at radius 1 is 1.21 bits per heavy atom. The van der Waals surface area contributed by atoms with Gasteiger partial charge in [0.25, 0.3) is 0 Å². The van der Waals surface area contributed by atoms with Gasteiger partial charge in [0.15, 0.2) is 15.0 Å². The largest absolute Gasteiger partial charge is 0.404 e. The van der Waals surface area contributed by atoms with Gasteiger partial charge in [-0.2, -0.15) is 13.2 Å². The number of sulfone groups is 1. The molecule has 0 saturated carbocycles. The van der Waals surface area contributed by atoms with E-state index in [0.717, 1.165) is 10.6 Å². The van der Waals surface area contributed by atoms with Crippen molar-refractivity contribution in [2.75, 3.05) is 31.2 Å². The molecule has 1 saturated heterocycles. The number of hydrogen-bond acceptors (Lipinski definition) is 7. The second-order valence-electron chi connectivity index (χ2n) is 10.7. The third kappa shape index (κ3) is 6.40. The SMILES string of the molecule is CCS(=O)(=O)c1ccc(CC(=O)Nc2nc3c(s2)CN(CC2CC[C@H](C(F)(F)F)N(C)C2)[C@H]3C(C)C)cc1. The van der Waals surface area contributed by atoms with Crippen molar-refractivity contribution in [2.24, 2.45) is 11.8 Å². The molecule has 1 unspecified atom stereocenters. The van der Waals surface area contributed by atoms with Gasteiger partial charge in [0, 0.05) is 24.5 Å². The van der Waals surface area contributed by atoms with Crippen molar-refractivity contribution in [3.63, 3.8) is 0 Å². The van der Waals surface area contributed by atoms with Crippen molar-refractivity contribution in [3.8, 4) is 0 Å². The molecular formula is C26H35F3N4O3S2. The summed E-state index contributed by atoms with van der Waals surface area (Å²) in [6.45, 7) is 7.61. The number of nitrogens with one attached hydrogen (secondary N) is 1. The molecular weight excluding hydrogens is 537 g/mol. The number of halogens is 3. The Balaban J connectivity index is 1.37. The Morgan fingerprint density at radius 3 is 2.47 bits per heavy atom. The van der Waals surface area contributed by atoms with Crippen LogP contribution in [0.4, 0.5) is 18.3 Å². The van der Waals surface area contributed by atoms with Gasteiger partial charge in [-0.05, 0) is 49.4 Å². The molecule has 38 heavy (non-hydrogen) atoms. The topological polar surface area (TPSA) is 82.6 Å². The van der Waals surface area contributed by atoms with Crippen LogP contribution in [0.15, 0.2) is 29.2 Å². The second-order valence-corrected chi connectivity index (χ2v) is 14.0. The number of amides is 1. The highest BCUT2D eigenvalue weighted by molar-refractivity contribution is 7.91. The summed E-state index contributed by atoms with van der Waals surface area (Å²) in [5, 5.41) is 3.40. The molecule has 0 bridgehead atoms. The fourth-order valence-electron chi connectivity index (χ4n) is 5.60. The van der Waals surface area contributed by atoms with E-state index in [1.807, 2.05) is 0 Å². The molecule has 0 aliphatic carbocycles. The molecule has 3 atom stereocenters. The number of anilines is 1. The van der Waals surface area contributed by atoms with Gasteiger partial charge in [0.05, 0.1) is 28.8 Å². The summed E-state index contributed by atoms with van der Waals surface area (Å²) in [4.78, 5) is 22.5. The molecule has 1 aromatic carbocycles. The van der Waals surface area contributed by atoms with E-state index in [0.29, 0.717) is 36.8 Å². The van der Waals surface area contributed by atoms with E-state index in [1.54, 1.807) is 26.1 Å². The Bertz CT molecular complexity index is 1250. The highest BCUT2D eigenvalue weighted by atomic mass is 32.2. The van der Waals surface area contributed by atoms with E-state index >= 15 is 0 Å². The molecule has 210 valence electrons. The van der Waals surface area contributed by atoms with Crippen LogP contribution in [-0.4, -0.2) is 67.2 Å². The van der Waals surface area contributed by atoms with Crippen LogP contribution in [0.1, 0.15) is 55.8 Å². The van der Waals surface area contributed by atoms with E-state index in [2.05, 4.69) is 24.1 Å². The van der Waals surface area contributed by atoms with Crippen LogP contribution in [-0.2, 0) is 27.6 Å². The number of piperidine rings is 1. The molecule has 2 aliphatic rings. The lowest BCUT2D eigenvalue weighted by molar-refractivity contribution is -0.191. The van der Waals surface area contributed by atoms with Crippen LogP contribution in [0, 0.1) is 11.8 Å². The molecule has 0 spiro atoms. The lowest BCUT2D eigenvalue weighted by Crippen LogP contribution is -2.50. The minimum atomic E-state index is -4.19. The van der Waals surface area contributed by atoms with Crippen LogP contribution in [0.5, 0.6) is 0 Å². The van der Waals surface area contributed by atoms with Crippen LogP contribution in [0.2, 0.25) is 0 Å². The van der Waals surface area contributed by atoms with Crippen molar-refractivity contribution in [1.29, 1.82) is 0 Å². The first-order valence-corrected chi connectivity index (χ1v) is 15.4. The molecule has 3 heterocycles. The maximum Gasteiger partial charge on any atom is 0.404 e. The van der Waals surface area contributed by atoms with Crippen molar-refractivity contribution < 1.29 is 26.4 Å². The fourth-order valence-corrected chi connectivity index (χ4v) is 7.52. The van der Waals surface area contributed by atoms with Crippen LogP contribution in [0.3, 0.4) is 0 Å². The van der Waals surface area contributed by atoms with E-state index in [1.165, 1.54) is 28.4 Å². The minimum absolute atomic E-state index is 0.0204. The van der Waals surface area contributed by atoms with Gasteiger partial charge in [-0.15, -0.1) is 11.3 Å². The van der Waals surface area contributed by atoms with Gasteiger partial charge in [-0.3, -0.25) is 14.6 Å². The Morgan fingerprint density at radius 2 is 1.89 bits per heavy atom. The van der Waals surface area contributed by atoms with Crippen molar-refractivity contribution in [2.45, 2.75) is 69.7 Å². The summed E-state index contributed by atoms with van der Waals surface area (Å²) in [7, 11) is -1.73. The summed E-state index contributed by atoms with van der Waals surface area (Å²) in [6, 6.07) is 5.02. The van der Waals surface area contributed by atoms with Gasteiger partial charge < -0.3 is 5.32 Å². The Hall–Kier alpha value is -2.02. The number of carbonyl (C=O) groups is 1. The number of aromatic nitrogens is 1. The maximum atomic E-state index is 13.2. The molecule has 2 aliphatic heterocycles. The zero-order chi connectivity index (χ0) is 27.8. The van der Waals surface area contributed by atoms with Gasteiger partial charge in [-0.1, -0.05) is 32.9 Å². The predicted molar refractivity (Wildman–Crippen MR) is 142 cm³/mol. The lowest BCUT2D eigenvalue weighted by Gasteiger charge is -2.40. The zero-order valence-corrected chi connectivity index (χ0v) is 23.7. The number of likely N-dealkylation sites (tertiary alicyclic amines) is 1. The molecule has 4 rings (SSSR count). The third-order valence-electron chi connectivity index (χ3n) is 7.45. The molecule has 1 amide bonds. The number of alkyl halides is 3. The average molecular weight is 573 g/mol. The van der Waals surface area contributed by atoms with Crippen molar-refractivity contribution in [3.05, 3.63) is 40.4 Å². The molecule has 1 aromatic heterocycles. The van der Waals surface area contributed by atoms with E-state index < -0.39 is 22.1 Å². The summed E-state index contributed by atoms with van der Waals surface area (Å²) < 4.78 is 63.7. The van der Waals surface area contributed by atoms with Crippen LogP contribution < -0.4 is 5.32 Å². The smallest absolute Gasteiger partial charge is 0.302 e. The number of benzene rings is 1. The molecule has 2 aromatic rings. The van der Waals surface area contributed by atoms with E-state index in [9.17, 15) is 26.4 Å².